The predicted octanol–water partition coefficient (Wildman–Crippen LogP) is 4.41. The van der Waals surface area contributed by atoms with E-state index in [9.17, 15) is 4.79 Å². The van der Waals surface area contributed by atoms with Crippen LogP contribution in [0.15, 0.2) is 53.5 Å². The van der Waals surface area contributed by atoms with Crippen molar-refractivity contribution in [2.24, 2.45) is 4.99 Å². The number of guanidine groups is 1. The molecule has 0 spiro atoms. The molecule has 0 bridgehead atoms. The van der Waals surface area contributed by atoms with Crippen molar-refractivity contribution in [2.75, 3.05) is 14.1 Å². The van der Waals surface area contributed by atoms with Crippen LogP contribution in [-0.2, 0) is 24.4 Å². The first kappa shape index (κ1) is 27.2. The SMILES string of the molecule is CN=C(NCc1ccc(C#N)cc1)NCc1ccc(CN(C)C(=O)OC(C)(C)C)cc1.I. The fraction of sp³-hybridized carbons (Fsp3) is 0.375. The minimum absolute atomic E-state index is 0. The van der Waals surface area contributed by atoms with Gasteiger partial charge in [0.15, 0.2) is 5.96 Å². The van der Waals surface area contributed by atoms with Gasteiger partial charge in [-0.2, -0.15) is 5.26 Å². The van der Waals surface area contributed by atoms with Crippen LogP contribution < -0.4 is 10.6 Å². The lowest BCUT2D eigenvalue weighted by Gasteiger charge is -2.24. The van der Waals surface area contributed by atoms with Crippen molar-refractivity contribution in [2.45, 2.75) is 46.0 Å². The average molecular weight is 549 g/mol. The molecule has 1 amide bonds. The second-order valence-corrected chi connectivity index (χ2v) is 8.24. The fourth-order valence-corrected chi connectivity index (χ4v) is 2.73. The van der Waals surface area contributed by atoms with E-state index in [2.05, 4.69) is 21.7 Å². The smallest absolute Gasteiger partial charge is 0.410 e. The van der Waals surface area contributed by atoms with Crippen molar-refractivity contribution in [1.29, 1.82) is 5.26 Å². The molecule has 8 heteroatoms. The highest BCUT2D eigenvalue weighted by Crippen LogP contribution is 2.12. The molecule has 0 heterocycles. The van der Waals surface area contributed by atoms with Gasteiger partial charge in [-0.1, -0.05) is 36.4 Å². The van der Waals surface area contributed by atoms with Crippen molar-refractivity contribution >= 4 is 36.0 Å². The van der Waals surface area contributed by atoms with E-state index in [4.69, 9.17) is 10.00 Å². The lowest BCUT2D eigenvalue weighted by Crippen LogP contribution is -2.36. The number of amides is 1. The molecule has 0 saturated heterocycles. The number of nitrogens with one attached hydrogen (secondary N) is 2. The van der Waals surface area contributed by atoms with Crippen LogP contribution >= 0.6 is 24.0 Å². The van der Waals surface area contributed by atoms with Crippen molar-refractivity contribution in [3.05, 3.63) is 70.8 Å². The Morgan fingerprint density at radius 1 is 1.00 bits per heavy atom. The highest BCUT2D eigenvalue weighted by molar-refractivity contribution is 14.0. The number of carbonyl (C=O) groups excluding carboxylic acids is 1. The maximum absolute atomic E-state index is 12.1. The number of nitriles is 1. The van der Waals surface area contributed by atoms with Gasteiger partial charge in [-0.3, -0.25) is 4.99 Å². The van der Waals surface area contributed by atoms with Gasteiger partial charge < -0.3 is 20.3 Å². The Balaban J connectivity index is 0.00000512. The Hall–Kier alpha value is -2.80. The van der Waals surface area contributed by atoms with Gasteiger partial charge in [-0.05, 0) is 49.6 Å². The zero-order valence-corrected chi connectivity index (χ0v) is 21.6. The molecule has 0 fully saturated rings. The summed E-state index contributed by atoms with van der Waals surface area (Å²) in [5.74, 6) is 0.693. The lowest BCUT2D eigenvalue weighted by molar-refractivity contribution is 0.0285. The summed E-state index contributed by atoms with van der Waals surface area (Å²) in [6.45, 7) is 7.28. The van der Waals surface area contributed by atoms with Crippen molar-refractivity contribution in [3.63, 3.8) is 0 Å². The van der Waals surface area contributed by atoms with Crippen LogP contribution in [0.4, 0.5) is 4.79 Å². The first-order chi connectivity index (χ1) is 14.7. The molecule has 0 aliphatic carbocycles. The third-order valence-electron chi connectivity index (χ3n) is 4.37. The molecule has 2 rings (SSSR count). The molecule has 2 aromatic carbocycles. The molecule has 2 N–H and O–H groups in total. The molecule has 0 atom stereocenters. The van der Waals surface area contributed by atoms with E-state index in [1.807, 2.05) is 57.2 Å². The molecular weight excluding hydrogens is 517 g/mol. The molecule has 7 nitrogen and oxygen atoms in total. The third-order valence-corrected chi connectivity index (χ3v) is 4.37. The number of aliphatic imine (C=N–C) groups is 1. The van der Waals surface area contributed by atoms with E-state index in [1.165, 1.54) is 0 Å². The number of halogens is 1. The number of carbonyl (C=O) groups is 1. The summed E-state index contributed by atoms with van der Waals surface area (Å²) >= 11 is 0. The van der Waals surface area contributed by atoms with E-state index in [-0.39, 0.29) is 30.1 Å². The quantitative estimate of drug-likeness (QED) is 0.317. The Labute approximate surface area is 207 Å². The maximum Gasteiger partial charge on any atom is 0.410 e. The van der Waals surface area contributed by atoms with E-state index >= 15 is 0 Å². The van der Waals surface area contributed by atoms with Gasteiger partial charge in [0, 0.05) is 33.7 Å². The van der Waals surface area contributed by atoms with E-state index in [0.717, 1.165) is 16.7 Å². The standard InChI is InChI=1S/C24H31N5O2.HI/c1-24(2,3)31-23(30)29(5)17-21-12-10-20(11-13-21)16-28-22(26-4)27-15-19-8-6-18(14-25)7-9-19;/h6-13H,15-17H2,1-5H3,(H2,26,27,28);1H. The maximum atomic E-state index is 12.1. The minimum atomic E-state index is -0.506. The Morgan fingerprint density at radius 2 is 1.47 bits per heavy atom. The molecule has 172 valence electrons. The molecule has 0 aliphatic rings. The molecule has 0 aliphatic heterocycles. The van der Waals surface area contributed by atoms with Gasteiger partial charge in [-0.25, -0.2) is 4.79 Å². The minimum Gasteiger partial charge on any atom is -0.444 e. The molecule has 0 aromatic heterocycles. The molecule has 32 heavy (non-hydrogen) atoms. The van der Waals surface area contributed by atoms with Gasteiger partial charge in [-0.15, -0.1) is 24.0 Å². The van der Waals surface area contributed by atoms with Crippen LogP contribution in [0.5, 0.6) is 0 Å². The summed E-state index contributed by atoms with van der Waals surface area (Å²) < 4.78 is 5.38. The predicted molar refractivity (Wildman–Crippen MR) is 138 cm³/mol. The van der Waals surface area contributed by atoms with Crippen molar-refractivity contribution < 1.29 is 9.53 Å². The average Bonchev–Trinajstić information content (AvgIpc) is 2.74. The summed E-state index contributed by atoms with van der Waals surface area (Å²) in [5.41, 5.74) is 3.34. The van der Waals surface area contributed by atoms with Gasteiger partial charge >= 0.3 is 6.09 Å². The summed E-state index contributed by atoms with van der Waals surface area (Å²) in [6.07, 6.45) is -0.338. The summed E-state index contributed by atoms with van der Waals surface area (Å²) in [7, 11) is 3.46. The van der Waals surface area contributed by atoms with Crippen LogP contribution in [0.2, 0.25) is 0 Å². The highest BCUT2D eigenvalue weighted by atomic mass is 127. The van der Waals surface area contributed by atoms with Crippen molar-refractivity contribution in [3.8, 4) is 6.07 Å². The number of benzene rings is 2. The zero-order chi connectivity index (χ0) is 22.9. The van der Waals surface area contributed by atoms with Gasteiger partial charge in [0.1, 0.15) is 5.60 Å². The molecule has 0 radical (unpaired) electrons. The molecule has 0 unspecified atom stereocenters. The lowest BCUT2D eigenvalue weighted by atomic mass is 10.1. The summed E-state index contributed by atoms with van der Waals surface area (Å²) in [5, 5.41) is 15.4. The number of hydrogen-bond donors (Lipinski definition) is 2. The Kier molecular flexibility index (Phi) is 11.0. The van der Waals surface area contributed by atoms with Crippen LogP contribution in [-0.4, -0.2) is 36.6 Å². The summed E-state index contributed by atoms with van der Waals surface area (Å²) in [4.78, 5) is 17.9. The first-order valence-electron chi connectivity index (χ1n) is 10.2. The summed E-state index contributed by atoms with van der Waals surface area (Å²) in [6, 6.07) is 17.6. The fourth-order valence-electron chi connectivity index (χ4n) is 2.73. The molecule has 0 saturated carbocycles. The number of nitrogens with zero attached hydrogens (tertiary/aromatic N) is 3. The molecule has 2 aromatic rings. The highest BCUT2D eigenvalue weighted by Gasteiger charge is 2.19. The van der Waals surface area contributed by atoms with E-state index in [0.29, 0.717) is 31.2 Å². The van der Waals surface area contributed by atoms with Gasteiger partial charge in [0.05, 0.1) is 11.6 Å². The second kappa shape index (κ2) is 12.9. The number of hydrogen-bond acceptors (Lipinski definition) is 4. The third kappa shape index (κ3) is 9.56. The van der Waals surface area contributed by atoms with E-state index in [1.54, 1.807) is 31.1 Å². The Morgan fingerprint density at radius 3 is 1.91 bits per heavy atom. The first-order valence-corrected chi connectivity index (χ1v) is 10.2. The second-order valence-electron chi connectivity index (χ2n) is 8.24. The van der Waals surface area contributed by atoms with Crippen LogP contribution in [0, 0.1) is 11.3 Å². The van der Waals surface area contributed by atoms with Gasteiger partial charge in [0.2, 0.25) is 0 Å². The number of rotatable bonds is 6. The monoisotopic (exact) mass is 549 g/mol. The van der Waals surface area contributed by atoms with Crippen LogP contribution in [0.1, 0.15) is 43.0 Å². The zero-order valence-electron chi connectivity index (χ0n) is 19.3. The molecular formula is C24H32IN5O2. The largest absolute Gasteiger partial charge is 0.444 e. The number of ether oxygens (including phenoxy) is 1. The topological polar surface area (TPSA) is 89.8 Å². The van der Waals surface area contributed by atoms with Crippen LogP contribution in [0.25, 0.3) is 0 Å². The Bertz CT molecular complexity index is 929. The van der Waals surface area contributed by atoms with Crippen molar-refractivity contribution in [1.82, 2.24) is 15.5 Å². The van der Waals surface area contributed by atoms with Gasteiger partial charge in [0.25, 0.3) is 0 Å². The van der Waals surface area contributed by atoms with E-state index < -0.39 is 5.60 Å². The normalized spacial score (nSPS) is 11.1. The van der Waals surface area contributed by atoms with Crippen LogP contribution in [0.3, 0.4) is 0 Å².